The van der Waals surface area contributed by atoms with Gasteiger partial charge in [0, 0.05) is 48.5 Å². The Morgan fingerprint density at radius 3 is 2.88 bits per heavy atom. The largest absolute Gasteiger partial charge is 0.359 e. The fourth-order valence-corrected chi connectivity index (χ4v) is 4.47. The van der Waals surface area contributed by atoms with E-state index in [0.717, 1.165) is 24.9 Å². The Hall–Kier alpha value is -2.20. The highest BCUT2D eigenvalue weighted by Crippen LogP contribution is 2.37. The van der Waals surface area contributed by atoms with Gasteiger partial charge in [-0.1, -0.05) is 32.0 Å². The van der Waals surface area contributed by atoms with Gasteiger partial charge < -0.3 is 4.90 Å². The van der Waals surface area contributed by atoms with Crippen molar-refractivity contribution in [2.75, 3.05) is 7.05 Å². The van der Waals surface area contributed by atoms with Crippen LogP contribution in [0.4, 0.5) is 5.00 Å². The predicted octanol–water partition coefficient (Wildman–Crippen LogP) is 5.41. The summed E-state index contributed by atoms with van der Waals surface area (Å²) in [7, 11) is 2.15. The topological polar surface area (TPSA) is 28.5 Å². The van der Waals surface area contributed by atoms with Crippen molar-refractivity contribution in [2.45, 2.75) is 33.2 Å². The van der Waals surface area contributed by atoms with Gasteiger partial charge in [0.1, 0.15) is 10.8 Å². The van der Waals surface area contributed by atoms with Gasteiger partial charge in [-0.2, -0.15) is 0 Å². The van der Waals surface area contributed by atoms with Crippen LogP contribution in [-0.4, -0.2) is 22.8 Å². The molecule has 1 aliphatic heterocycles. The molecule has 2 aromatic heterocycles. The van der Waals surface area contributed by atoms with E-state index in [2.05, 4.69) is 61.1 Å². The number of rotatable bonds is 4. The zero-order valence-electron chi connectivity index (χ0n) is 15.0. The molecule has 4 rings (SSSR count). The van der Waals surface area contributed by atoms with Gasteiger partial charge in [0.05, 0.1) is 5.52 Å². The van der Waals surface area contributed by atoms with E-state index in [1.54, 1.807) is 0 Å². The number of nitrogens with zero attached hydrogens (tertiary/aromatic N) is 3. The smallest absolute Gasteiger partial charge is 0.123 e. The van der Waals surface area contributed by atoms with Crippen molar-refractivity contribution in [1.82, 2.24) is 9.88 Å². The summed E-state index contributed by atoms with van der Waals surface area (Å²) >= 11 is 1.84. The van der Waals surface area contributed by atoms with Gasteiger partial charge in [-0.05, 0) is 29.7 Å². The number of para-hydroxylation sites is 1. The molecule has 0 unspecified atom stereocenters. The maximum Gasteiger partial charge on any atom is 0.123 e. The number of pyridine rings is 1. The molecular formula is C21H23N3S. The minimum atomic E-state index is 0.630. The molecule has 1 aliphatic rings. The molecule has 128 valence electrons. The molecule has 0 saturated carbocycles. The third kappa shape index (κ3) is 3.31. The second-order valence-electron chi connectivity index (χ2n) is 7.19. The number of thiophene rings is 1. The number of amidine groups is 1. The standard InChI is InChI=1S/C21H23N3S/c1-14(2)10-20-23-21-16(13-24(20)3)12-17(25-21)11-15-8-9-22-19-7-5-4-6-18(15)19/h4-9,12,14H,10-11,13H2,1-3H3. The van der Waals surface area contributed by atoms with Crippen LogP contribution in [0, 0.1) is 5.92 Å². The van der Waals surface area contributed by atoms with Crippen LogP contribution >= 0.6 is 11.3 Å². The van der Waals surface area contributed by atoms with Gasteiger partial charge in [-0.15, -0.1) is 11.3 Å². The number of benzene rings is 1. The number of hydrogen-bond acceptors (Lipinski definition) is 4. The number of fused-ring (bicyclic) bond motifs is 2. The molecule has 25 heavy (non-hydrogen) atoms. The first kappa shape index (κ1) is 16.3. The van der Waals surface area contributed by atoms with E-state index in [1.807, 2.05) is 23.6 Å². The molecule has 0 radical (unpaired) electrons. The van der Waals surface area contributed by atoms with Crippen molar-refractivity contribution in [1.29, 1.82) is 0 Å². The zero-order valence-corrected chi connectivity index (χ0v) is 15.8. The molecule has 0 atom stereocenters. The summed E-state index contributed by atoms with van der Waals surface area (Å²) in [5, 5.41) is 2.44. The maximum absolute atomic E-state index is 4.94. The van der Waals surface area contributed by atoms with Crippen molar-refractivity contribution in [3.05, 3.63) is 58.6 Å². The molecule has 3 aromatic rings. The van der Waals surface area contributed by atoms with Crippen LogP contribution in [0.1, 0.15) is 36.3 Å². The maximum atomic E-state index is 4.94. The second kappa shape index (κ2) is 6.60. The molecule has 0 spiro atoms. The van der Waals surface area contributed by atoms with Crippen LogP contribution in [-0.2, 0) is 13.0 Å². The van der Waals surface area contributed by atoms with Gasteiger partial charge in [0.25, 0.3) is 0 Å². The van der Waals surface area contributed by atoms with E-state index < -0.39 is 0 Å². The van der Waals surface area contributed by atoms with Crippen LogP contribution in [0.15, 0.2) is 47.6 Å². The van der Waals surface area contributed by atoms with Crippen molar-refractivity contribution >= 4 is 33.1 Å². The minimum Gasteiger partial charge on any atom is -0.359 e. The molecule has 0 N–H and O–H groups in total. The third-order valence-corrected chi connectivity index (χ3v) is 5.68. The van der Waals surface area contributed by atoms with E-state index in [-0.39, 0.29) is 0 Å². The van der Waals surface area contributed by atoms with Crippen molar-refractivity contribution in [2.24, 2.45) is 10.9 Å². The summed E-state index contributed by atoms with van der Waals surface area (Å²) in [6.45, 7) is 5.47. The quantitative estimate of drug-likeness (QED) is 0.630. The first-order valence-corrected chi connectivity index (χ1v) is 9.64. The van der Waals surface area contributed by atoms with Crippen molar-refractivity contribution in [3.63, 3.8) is 0 Å². The average molecular weight is 350 g/mol. The molecule has 0 amide bonds. The third-order valence-electron chi connectivity index (χ3n) is 4.61. The molecule has 0 saturated heterocycles. The highest BCUT2D eigenvalue weighted by atomic mass is 32.1. The fraction of sp³-hybridized carbons (Fsp3) is 0.333. The SMILES string of the molecule is CC(C)CC1=Nc2sc(Cc3ccnc4ccccc34)cc2CN1C. The van der Waals surface area contributed by atoms with E-state index >= 15 is 0 Å². The predicted molar refractivity (Wildman–Crippen MR) is 107 cm³/mol. The molecule has 3 heterocycles. The number of aliphatic imine (C=N–C) groups is 1. The highest BCUT2D eigenvalue weighted by molar-refractivity contribution is 7.16. The van der Waals surface area contributed by atoms with Crippen LogP contribution in [0.2, 0.25) is 0 Å². The van der Waals surface area contributed by atoms with Gasteiger partial charge in [0.2, 0.25) is 0 Å². The highest BCUT2D eigenvalue weighted by Gasteiger charge is 2.20. The van der Waals surface area contributed by atoms with Gasteiger partial charge in [-0.3, -0.25) is 4.98 Å². The van der Waals surface area contributed by atoms with Crippen molar-refractivity contribution in [3.8, 4) is 0 Å². The Morgan fingerprint density at radius 1 is 1.20 bits per heavy atom. The Morgan fingerprint density at radius 2 is 2.04 bits per heavy atom. The summed E-state index contributed by atoms with van der Waals surface area (Å²) in [5.41, 5.74) is 3.76. The van der Waals surface area contributed by atoms with Gasteiger partial charge in [-0.25, -0.2) is 4.99 Å². The summed E-state index contributed by atoms with van der Waals surface area (Å²) in [4.78, 5) is 13.1. The lowest BCUT2D eigenvalue weighted by molar-refractivity contribution is 0.468. The monoisotopic (exact) mass is 349 g/mol. The normalized spacial score (nSPS) is 14.1. The Kier molecular flexibility index (Phi) is 4.30. The molecule has 4 heteroatoms. The molecule has 3 nitrogen and oxygen atoms in total. The second-order valence-corrected chi connectivity index (χ2v) is 8.30. The number of hydrogen-bond donors (Lipinski definition) is 0. The van der Waals surface area contributed by atoms with Crippen LogP contribution < -0.4 is 0 Å². The molecule has 0 bridgehead atoms. The minimum absolute atomic E-state index is 0.630. The average Bonchev–Trinajstić information content (AvgIpc) is 2.96. The lowest BCUT2D eigenvalue weighted by atomic mass is 10.0. The summed E-state index contributed by atoms with van der Waals surface area (Å²) in [5.74, 6) is 1.84. The van der Waals surface area contributed by atoms with E-state index in [4.69, 9.17) is 4.99 Å². The van der Waals surface area contributed by atoms with E-state index in [0.29, 0.717) is 5.92 Å². The zero-order chi connectivity index (χ0) is 17.4. The van der Waals surface area contributed by atoms with Crippen LogP contribution in [0.25, 0.3) is 10.9 Å². The lowest BCUT2D eigenvalue weighted by Crippen LogP contribution is -2.29. The molecular weight excluding hydrogens is 326 g/mol. The Labute approximate surface area is 153 Å². The van der Waals surface area contributed by atoms with Crippen LogP contribution in [0.3, 0.4) is 0 Å². The van der Waals surface area contributed by atoms with Crippen LogP contribution in [0.5, 0.6) is 0 Å². The summed E-state index contributed by atoms with van der Waals surface area (Å²) in [6.07, 6.45) is 3.90. The first-order chi connectivity index (χ1) is 12.1. The summed E-state index contributed by atoms with van der Waals surface area (Å²) < 4.78 is 0. The number of aromatic nitrogens is 1. The molecule has 1 aromatic carbocycles. The Balaban J connectivity index is 1.65. The lowest BCUT2D eigenvalue weighted by Gasteiger charge is -2.26. The first-order valence-electron chi connectivity index (χ1n) is 8.83. The summed E-state index contributed by atoms with van der Waals surface area (Å²) in [6, 6.07) is 12.9. The van der Waals surface area contributed by atoms with Crippen molar-refractivity contribution < 1.29 is 0 Å². The fourth-order valence-electron chi connectivity index (χ4n) is 3.38. The molecule has 0 fully saturated rings. The molecule has 0 aliphatic carbocycles. The van der Waals surface area contributed by atoms with Gasteiger partial charge >= 0.3 is 0 Å². The van der Waals surface area contributed by atoms with E-state index in [1.165, 1.54) is 32.2 Å². The van der Waals surface area contributed by atoms with E-state index in [9.17, 15) is 0 Å². The van der Waals surface area contributed by atoms with Gasteiger partial charge in [0.15, 0.2) is 0 Å². The Bertz CT molecular complexity index is 934.